The molecule has 7 rings (SSSR count). The van der Waals surface area contributed by atoms with Gasteiger partial charge in [-0.15, -0.1) is 0 Å². The fourth-order valence-electron chi connectivity index (χ4n) is 6.96. The van der Waals surface area contributed by atoms with Gasteiger partial charge in [0, 0.05) is 29.7 Å². The Morgan fingerprint density at radius 1 is 1.00 bits per heavy atom. The van der Waals surface area contributed by atoms with E-state index in [0.29, 0.717) is 5.75 Å². The standard InChI is InChI=1S/C31H34N4OS/c36-29(20-37-31-32-19-26(33-31)22-10-5-2-6-11-22)34-16-17-35-27-15-14-23(21-8-3-1-4-9-21)18-25(27)24-12-7-13-28(34)30(24)35/h2,5-6,10-11,14-15,18-19,21,28H,1,3-4,7-9,12-13,16-17,20H2,(H,32,33)/t28-/m1/s1. The average molecular weight is 511 g/mol. The second-order valence-corrected chi connectivity index (χ2v) is 11.8. The second kappa shape index (κ2) is 9.71. The van der Waals surface area contributed by atoms with E-state index >= 15 is 0 Å². The smallest absolute Gasteiger partial charge is 0.233 e. The van der Waals surface area contributed by atoms with Crippen LogP contribution in [0.25, 0.3) is 22.2 Å². The number of aryl methyl sites for hydroxylation is 1. The number of carbonyl (C=O) groups is 1. The molecule has 2 aliphatic carbocycles. The summed E-state index contributed by atoms with van der Waals surface area (Å²) in [5.74, 6) is 1.36. The van der Waals surface area contributed by atoms with Gasteiger partial charge in [0.1, 0.15) is 0 Å². The van der Waals surface area contributed by atoms with Crippen molar-refractivity contribution in [1.29, 1.82) is 0 Å². The third-order valence-corrected chi connectivity index (χ3v) is 9.64. The highest BCUT2D eigenvalue weighted by molar-refractivity contribution is 7.99. The molecular formula is C31H34N4OS. The summed E-state index contributed by atoms with van der Waals surface area (Å²) in [7, 11) is 0. The molecule has 190 valence electrons. The molecule has 37 heavy (non-hydrogen) atoms. The minimum absolute atomic E-state index is 0.201. The first-order valence-electron chi connectivity index (χ1n) is 13.9. The largest absolute Gasteiger partial charge is 0.341 e. The quantitative estimate of drug-likeness (QED) is 0.292. The molecular weight excluding hydrogens is 476 g/mol. The summed E-state index contributed by atoms with van der Waals surface area (Å²) in [6.45, 7) is 1.68. The SMILES string of the molecule is O=C(CSc1ncc(-c2ccccc2)[nH]1)N1CCn2c3c(c4cc(C5CCCCC5)ccc42)CCC[C@H]31. The van der Waals surface area contributed by atoms with Crippen molar-refractivity contribution in [2.24, 2.45) is 0 Å². The van der Waals surface area contributed by atoms with Crippen LogP contribution in [0.3, 0.4) is 0 Å². The predicted octanol–water partition coefficient (Wildman–Crippen LogP) is 7.09. The summed E-state index contributed by atoms with van der Waals surface area (Å²) in [6, 6.07) is 17.7. The number of aromatic nitrogens is 3. The van der Waals surface area contributed by atoms with E-state index in [2.05, 4.69) is 49.8 Å². The molecule has 5 nitrogen and oxygen atoms in total. The van der Waals surface area contributed by atoms with Crippen LogP contribution in [-0.2, 0) is 17.8 Å². The van der Waals surface area contributed by atoms with E-state index in [9.17, 15) is 4.79 Å². The summed E-state index contributed by atoms with van der Waals surface area (Å²) in [5.41, 5.74) is 7.93. The number of hydrogen-bond donors (Lipinski definition) is 1. The monoisotopic (exact) mass is 510 g/mol. The Bertz CT molecular complexity index is 1430. The Labute approximate surface area is 222 Å². The van der Waals surface area contributed by atoms with E-state index in [1.807, 2.05) is 24.4 Å². The van der Waals surface area contributed by atoms with E-state index < -0.39 is 0 Å². The molecule has 1 atom stereocenters. The van der Waals surface area contributed by atoms with Gasteiger partial charge < -0.3 is 14.5 Å². The summed E-state index contributed by atoms with van der Waals surface area (Å²) in [6.07, 6.45) is 12.0. The van der Waals surface area contributed by atoms with Crippen LogP contribution in [0.15, 0.2) is 59.9 Å². The van der Waals surface area contributed by atoms with Gasteiger partial charge in [-0.3, -0.25) is 4.79 Å². The van der Waals surface area contributed by atoms with Crippen LogP contribution in [-0.4, -0.2) is 37.6 Å². The fourth-order valence-corrected chi connectivity index (χ4v) is 7.70. The highest BCUT2D eigenvalue weighted by Gasteiger charge is 2.37. The minimum Gasteiger partial charge on any atom is -0.341 e. The molecule has 0 unspecified atom stereocenters. The Balaban J connectivity index is 1.11. The van der Waals surface area contributed by atoms with E-state index in [1.54, 1.807) is 0 Å². The number of carbonyl (C=O) groups excluding carboxylic acids is 1. The molecule has 3 heterocycles. The third kappa shape index (κ3) is 4.19. The van der Waals surface area contributed by atoms with Crippen molar-refractivity contribution >= 4 is 28.6 Å². The van der Waals surface area contributed by atoms with E-state index in [4.69, 9.17) is 0 Å². The number of fused-ring (bicyclic) bond motifs is 3. The number of nitrogens with one attached hydrogen (secondary N) is 1. The average Bonchev–Trinajstić information content (AvgIpc) is 3.57. The van der Waals surface area contributed by atoms with Crippen molar-refractivity contribution in [3.05, 3.63) is 71.5 Å². The van der Waals surface area contributed by atoms with Crippen molar-refractivity contribution in [1.82, 2.24) is 19.4 Å². The first kappa shape index (κ1) is 23.2. The molecule has 6 heteroatoms. The molecule has 0 spiro atoms. The summed E-state index contributed by atoms with van der Waals surface area (Å²) >= 11 is 1.51. The van der Waals surface area contributed by atoms with E-state index in [1.165, 1.54) is 71.6 Å². The molecule has 0 bridgehead atoms. The molecule has 1 fully saturated rings. The molecule has 0 radical (unpaired) electrons. The van der Waals surface area contributed by atoms with Crippen LogP contribution in [0.4, 0.5) is 0 Å². The molecule has 2 aromatic carbocycles. The number of amides is 1. The van der Waals surface area contributed by atoms with Crippen LogP contribution in [0.2, 0.25) is 0 Å². The number of H-pyrrole nitrogens is 1. The number of thioether (sulfide) groups is 1. The third-order valence-electron chi connectivity index (χ3n) is 8.76. The van der Waals surface area contributed by atoms with Crippen molar-refractivity contribution in [3.8, 4) is 11.3 Å². The highest BCUT2D eigenvalue weighted by Crippen LogP contribution is 2.44. The number of rotatable bonds is 5. The molecule has 3 aliphatic rings. The van der Waals surface area contributed by atoms with Gasteiger partial charge in [0.05, 0.1) is 23.7 Å². The topological polar surface area (TPSA) is 53.9 Å². The zero-order chi connectivity index (χ0) is 24.8. The Morgan fingerprint density at radius 2 is 1.86 bits per heavy atom. The Hall–Kier alpha value is -2.99. The Kier molecular flexibility index (Phi) is 6.08. The van der Waals surface area contributed by atoms with Crippen molar-refractivity contribution in [2.45, 2.75) is 75.0 Å². The van der Waals surface area contributed by atoms with E-state index in [-0.39, 0.29) is 11.9 Å². The molecule has 0 saturated heterocycles. The molecule has 1 saturated carbocycles. The van der Waals surface area contributed by atoms with E-state index in [0.717, 1.165) is 54.7 Å². The van der Waals surface area contributed by atoms with Gasteiger partial charge in [-0.2, -0.15) is 0 Å². The zero-order valence-corrected chi connectivity index (χ0v) is 22.1. The second-order valence-electron chi connectivity index (χ2n) is 10.9. The maximum Gasteiger partial charge on any atom is 0.233 e. The number of hydrogen-bond acceptors (Lipinski definition) is 3. The normalized spacial score (nSPS) is 19.8. The summed E-state index contributed by atoms with van der Waals surface area (Å²) in [4.78, 5) is 23.5. The first-order chi connectivity index (χ1) is 18.3. The van der Waals surface area contributed by atoms with Gasteiger partial charge in [-0.1, -0.05) is 67.4 Å². The van der Waals surface area contributed by atoms with Gasteiger partial charge in [-0.25, -0.2) is 4.98 Å². The number of benzene rings is 2. The highest BCUT2D eigenvalue weighted by atomic mass is 32.2. The zero-order valence-electron chi connectivity index (χ0n) is 21.3. The van der Waals surface area contributed by atoms with Gasteiger partial charge in [0.2, 0.25) is 5.91 Å². The summed E-state index contributed by atoms with van der Waals surface area (Å²) < 4.78 is 2.54. The molecule has 4 aromatic rings. The predicted molar refractivity (Wildman–Crippen MR) is 150 cm³/mol. The van der Waals surface area contributed by atoms with Crippen LogP contribution in [0, 0.1) is 0 Å². The van der Waals surface area contributed by atoms with Crippen molar-refractivity contribution < 1.29 is 4.79 Å². The van der Waals surface area contributed by atoms with Gasteiger partial charge in [0.15, 0.2) is 5.16 Å². The summed E-state index contributed by atoms with van der Waals surface area (Å²) in [5, 5.41) is 2.26. The van der Waals surface area contributed by atoms with Crippen molar-refractivity contribution in [3.63, 3.8) is 0 Å². The number of nitrogens with zero attached hydrogens (tertiary/aromatic N) is 3. The maximum absolute atomic E-state index is 13.5. The minimum atomic E-state index is 0.201. The lowest BCUT2D eigenvalue weighted by molar-refractivity contribution is -0.132. The fraction of sp³-hybridized carbons (Fsp3) is 0.419. The van der Waals surface area contributed by atoms with Gasteiger partial charge >= 0.3 is 0 Å². The van der Waals surface area contributed by atoms with Crippen LogP contribution < -0.4 is 0 Å². The maximum atomic E-state index is 13.5. The van der Waals surface area contributed by atoms with Gasteiger partial charge in [-0.05, 0) is 66.8 Å². The van der Waals surface area contributed by atoms with Crippen LogP contribution in [0.5, 0.6) is 0 Å². The first-order valence-corrected chi connectivity index (χ1v) is 14.9. The Morgan fingerprint density at radius 3 is 2.73 bits per heavy atom. The van der Waals surface area contributed by atoms with Gasteiger partial charge in [0.25, 0.3) is 0 Å². The molecule has 1 N–H and O–H groups in total. The molecule has 2 aromatic heterocycles. The van der Waals surface area contributed by atoms with Crippen LogP contribution >= 0.6 is 11.8 Å². The number of imidazole rings is 1. The lowest BCUT2D eigenvalue weighted by Crippen LogP contribution is -2.44. The lowest BCUT2D eigenvalue weighted by Gasteiger charge is -2.40. The lowest BCUT2D eigenvalue weighted by atomic mass is 9.83. The molecule has 1 amide bonds. The van der Waals surface area contributed by atoms with Crippen LogP contribution in [0.1, 0.15) is 73.7 Å². The molecule has 1 aliphatic heterocycles. The number of aromatic amines is 1. The van der Waals surface area contributed by atoms with Crippen molar-refractivity contribution in [2.75, 3.05) is 12.3 Å².